The van der Waals surface area contributed by atoms with Gasteiger partial charge in [0.25, 0.3) is 5.91 Å². The van der Waals surface area contributed by atoms with Crippen LogP contribution in [0.25, 0.3) is 0 Å². The van der Waals surface area contributed by atoms with Crippen molar-refractivity contribution in [2.75, 3.05) is 0 Å². The van der Waals surface area contributed by atoms with E-state index in [1.807, 2.05) is 18.3 Å². The predicted molar refractivity (Wildman–Crippen MR) is 78.9 cm³/mol. The van der Waals surface area contributed by atoms with Gasteiger partial charge in [-0.25, -0.2) is 5.43 Å². The molecule has 0 aromatic heterocycles. The Bertz CT molecular complexity index is 553. The van der Waals surface area contributed by atoms with E-state index in [9.17, 15) is 4.79 Å². The first kappa shape index (κ1) is 12.6. The number of hydrogen-bond donors (Lipinski definition) is 1. The number of carbonyl (C=O) groups is 1. The lowest BCUT2D eigenvalue weighted by molar-refractivity contribution is 0.0955. The zero-order chi connectivity index (χ0) is 13.2. The highest BCUT2D eigenvalue weighted by molar-refractivity contribution is 9.10. The molecule has 1 N–H and O–H groups in total. The first-order valence-corrected chi connectivity index (χ1v) is 7.29. The van der Waals surface area contributed by atoms with E-state index in [1.165, 1.54) is 6.42 Å². The molecule has 0 saturated heterocycles. The van der Waals surface area contributed by atoms with Crippen molar-refractivity contribution in [1.29, 1.82) is 0 Å². The second kappa shape index (κ2) is 5.29. The highest BCUT2D eigenvalue weighted by Crippen LogP contribution is 2.42. The normalized spacial score (nSPS) is 28.2. The van der Waals surface area contributed by atoms with Crippen molar-refractivity contribution in [3.63, 3.8) is 0 Å². The van der Waals surface area contributed by atoms with Crippen LogP contribution in [-0.2, 0) is 0 Å². The summed E-state index contributed by atoms with van der Waals surface area (Å²) in [6.45, 7) is 0. The van der Waals surface area contributed by atoms with Gasteiger partial charge in [0.05, 0.1) is 0 Å². The van der Waals surface area contributed by atoms with Gasteiger partial charge >= 0.3 is 0 Å². The first-order valence-electron chi connectivity index (χ1n) is 6.50. The van der Waals surface area contributed by atoms with Gasteiger partial charge in [0.15, 0.2) is 0 Å². The average molecular weight is 319 g/mol. The molecule has 0 heterocycles. The molecule has 3 unspecified atom stereocenters. The van der Waals surface area contributed by atoms with E-state index in [-0.39, 0.29) is 5.91 Å². The summed E-state index contributed by atoms with van der Waals surface area (Å²) in [7, 11) is 0. The van der Waals surface area contributed by atoms with E-state index in [0.29, 0.717) is 17.4 Å². The number of benzene rings is 1. The number of allylic oxidation sites excluding steroid dienone is 2. The molecule has 3 rings (SSSR count). The Balaban J connectivity index is 1.57. The van der Waals surface area contributed by atoms with Crippen molar-refractivity contribution < 1.29 is 4.79 Å². The van der Waals surface area contributed by atoms with Crippen molar-refractivity contribution in [3.8, 4) is 0 Å². The number of fused-ring (bicyclic) bond motifs is 2. The van der Waals surface area contributed by atoms with Crippen molar-refractivity contribution in [1.82, 2.24) is 5.43 Å². The molecule has 2 aliphatic carbocycles. The van der Waals surface area contributed by atoms with Gasteiger partial charge in [-0.15, -0.1) is 0 Å². The van der Waals surface area contributed by atoms with E-state index in [1.54, 1.807) is 12.1 Å². The number of carbonyl (C=O) groups excluding carboxylic acids is 1. The van der Waals surface area contributed by atoms with Crippen molar-refractivity contribution in [3.05, 3.63) is 46.5 Å². The highest BCUT2D eigenvalue weighted by atomic mass is 79.9. The maximum absolute atomic E-state index is 11.9. The van der Waals surface area contributed by atoms with Crippen molar-refractivity contribution in [2.45, 2.75) is 12.8 Å². The standard InChI is InChI=1S/C15H15BrN2O/c16-14-3-1-2-12(8-14)15(19)18-17-9-13-7-10-4-5-11(13)6-10/h1-5,8-11,13H,6-7H2,(H,18,19). The number of halogens is 1. The van der Waals surface area contributed by atoms with Gasteiger partial charge in [-0.2, -0.15) is 5.10 Å². The minimum absolute atomic E-state index is 0.170. The minimum atomic E-state index is -0.170. The zero-order valence-corrected chi connectivity index (χ0v) is 12.0. The Labute approximate surface area is 120 Å². The topological polar surface area (TPSA) is 41.5 Å². The lowest BCUT2D eigenvalue weighted by Gasteiger charge is -2.11. The number of hydrazone groups is 1. The number of rotatable bonds is 3. The van der Waals surface area contributed by atoms with E-state index in [4.69, 9.17) is 0 Å². The summed E-state index contributed by atoms with van der Waals surface area (Å²) in [5.41, 5.74) is 3.21. The molecule has 1 fully saturated rings. The maximum Gasteiger partial charge on any atom is 0.271 e. The van der Waals surface area contributed by atoms with Crippen LogP contribution in [0, 0.1) is 17.8 Å². The van der Waals surface area contributed by atoms with Crippen molar-refractivity contribution in [2.24, 2.45) is 22.9 Å². The molecule has 1 aromatic carbocycles. The van der Waals surface area contributed by atoms with Crippen LogP contribution in [0.1, 0.15) is 23.2 Å². The molecule has 0 radical (unpaired) electrons. The third-order valence-corrected chi connectivity index (χ3v) is 4.34. The van der Waals surface area contributed by atoms with Crippen LogP contribution in [0.3, 0.4) is 0 Å². The Morgan fingerprint density at radius 1 is 1.37 bits per heavy atom. The predicted octanol–water partition coefficient (Wildman–Crippen LogP) is 3.38. The highest BCUT2D eigenvalue weighted by Gasteiger charge is 2.34. The van der Waals surface area contributed by atoms with Gasteiger partial charge in [-0.1, -0.05) is 34.1 Å². The molecule has 0 aliphatic heterocycles. The fourth-order valence-corrected chi connectivity index (χ4v) is 3.28. The third-order valence-electron chi connectivity index (χ3n) is 3.85. The Morgan fingerprint density at radius 3 is 2.95 bits per heavy atom. The van der Waals surface area contributed by atoms with Crippen LogP contribution in [0.2, 0.25) is 0 Å². The van der Waals surface area contributed by atoms with Gasteiger partial charge in [0.2, 0.25) is 0 Å². The minimum Gasteiger partial charge on any atom is -0.267 e. The summed E-state index contributed by atoms with van der Waals surface area (Å²) in [5.74, 6) is 1.66. The molecule has 3 nitrogen and oxygen atoms in total. The van der Waals surface area contributed by atoms with Crippen LogP contribution in [-0.4, -0.2) is 12.1 Å². The van der Waals surface area contributed by atoms with Crippen LogP contribution >= 0.6 is 15.9 Å². The molecule has 1 aromatic rings. The molecule has 2 bridgehead atoms. The zero-order valence-electron chi connectivity index (χ0n) is 10.4. The molecule has 1 amide bonds. The van der Waals surface area contributed by atoms with Crippen LogP contribution in [0.15, 0.2) is 46.0 Å². The fraction of sp³-hybridized carbons (Fsp3) is 0.333. The number of nitrogens with zero attached hydrogens (tertiary/aromatic N) is 1. The lowest BCUT2D eigenvalue weighted by Crippen LogP contribution is -2.19. The second-order valence-electron chi connectivity index (χ2n) is 5.17. The van der Waals surface area contributed by atoms with Gasteiger partial charge < -0.3 is 0 Å². The fourth-order valence-electron chi connectivity index (χ4n) is 2.88. The average Bonchev–Trinajstić information content (AvgIpc) is 3.01. The lowest BCUT2D eigenvalue weighted by atomic mass is 9.95. The summed E-state index contributed by atoms with van der Waals surface area (Å²) in [6.07, 6.45) is 8.88. The number of nitrogens with one attached hydrogen (secondary N) is 1. The Hall–Kier alpha value is -1.42. The molecular formula is C15H15BrN2O. The van der Waals surface area contributed by atoms with Gasteiger partial charge in [-0.3, -0.25) is 4.79 Å². The summed E-state index contributed by atoms with van der Waals surface area (Å²) in [6, 6.07) is 7.28. The smallest absolute Gasteiger partial charge is 0.267 e. The van der Waals surface area contributed by atoms with Crippen LogP contribution < -0.4 is 5.43 Å². The Morgan fingerprint density at radius 2 is 2.26 bits per heavy atom. The van der Waals surface area contributed by atoms with Crippen molar-refractivity contribution >= 4 is 28.1 Å². The molecule has 19 heavy (non-hydrogen) atoms. The largest absolute Gasteiger partial charge is 0.271 e. The van der Waals surface area contributed by atoms with E-state index in [0.717, 1.165) is 16.8 Å². The molecule has 3 atom stereocenters. The van der Waals surface area contributed by atoms with Gasteiger partial charge in [0, 0.05) is 22.2 Å². The van der Waals surface area contributed by atoms with Crippen LogP contribution in [0.5, 0.6) is 0 Å². The summed E-state index contributed by atoms with van der Waals surface area (Å²) in [4.78, 5) is 11.9. The SMILES string of the molecule is O=C(NN=CC1CC2C=CC1C2)c1cccc(Br)c1. The molecule has 98 valence electrons. The molecule has 4 heteroatoms. The molecule has 0 spiro atoms. The van der Waals surface area contributed by atoms with Gasteiger partial charge in [0.1, 0.15) is 0 Å². The summed E-state index contributed by atoms with van der Waals surface area (Å²) in [5, 5.41) is 4.10. The Kier molecular flexibility index (Phi) is 3.51. The number of hydrogen-bond acceptors (Lipinski definition) is 2. The molecule has 2 aliphatic rings. The van der Waals surface area contributed by atoms with Gasteiger partial charge in [-0.05, 0) is 42.9 Å². The van der Waals surface area contributed by atoms with E-state index in [2.05, 4.69) is 38.6 Å². The first-order chi connectivity index (χ1) is 9.22. The third kappa shape index (κ3) is 2.78. The van der Waals surface area contributed by atoms with E-state index >= 15 is 0 Å². The quantitative estimate of drug-likeness (QED) is 0.518. The summed E-state index contributed by atoms with van der Waals surface area (Å²) >= 11 is 3.35. The maximum atomic E-state index is 11.9. The van der Waals surface area contributed by atoms with E-state index < -0.39 is 0 Å². The monoisotopic (exact) mass is 318 g/mol. The van der Waals surface area contributed by atoms with Crippen LogP contribution in [0.4, 0.5) is 0 Å². The number of amides is 1. The summed E-state index contributed by atoms with van der Waals surface area (Å²) < 4.78 is 0.891. The molecular weight excluding hydrogens is 304 g/mol. The second-order valence-corrected chi connectivity index (χ2v) is 6.09. The molecule has 1 saturated carbocycles.